The van der Waals surface area contributed by atoms with Crippen LogP contribution in [0, 0.1) is 23.7 Å². The lowest BCUT2D eigenvalue weighted by Crippen LogP contribution is -2.52. The fourth-order valence-electron chi connectivity index (χ4n) is 4.07. The van der Waals surface area contributed by atoms with Gasteiger partial charge in [-0.25, -0.2) is 5.48 Å². The third kappa shape index (κ3) is 9.66. The molecule has 36 heavy (non-hydrogen) atoms. The van der Waals surface area contributed by atoms with Crippen LogP contribution in [0.3, 0.4) is 0 Å². The molecule has 0 saturated heterocycles. The quantitative estimate of drug-likeness (QED) is 0.296. The standard InChI is InChI=1S/C29H39N3O4/c1-21(2)18-26(25(29(35)31-36)17-11-16-23-12-7-5-8-13-23)28(34)30-32(20-22(3)4)27(33)19-24-14-9-6-10-15-24/h5-16,21-22,25-26,36H,17-20H2,1-4H3,(H,30,34)(H,31,35)/t25-,26+/m0/s1. The molecule has 2 rings (SSSR count). The van der Waals surface area contributed by atoms with Crippen molar-refractivity contribution in [3.63, 3.8) is 0 Å². The summed E-state index contributed by atoms with van der Waals surface area (Å²) in [5.41, 5.74) is 6.36. The van der Waals surface area contributed by atoms with Gasteiger partial charge in [0.15, 0.2) is 0 Å². The number of amides is 3. The molecular formula is C29H39N3O4. The molecule has 3 N–H and O–H groups in total. The minimum atomic E-state index is -0.803. The summed E-state index contributed by atoms with van der Waals surface area (Å²) >= 11 is 0. The highest BCUT2D eigenvalue weighted by atomic mass is 16.5. The summed E-state index contributed by atoms with van der Waals surface area (Å²) in [5.74, 6) is -2.56. The molecule has 0 bridgehead atoms. The molecule has 0 aliphatic carbocycles. The van der Waals surface area contributed by atoms with Crippen LogP contribution in [0.1, 0.15) is 51.7 Å². The van der Waals surface area contributed by atoms with Gasteiger partial charge in [-0.3, -0.25) is 30.0 Å². The van der Waals surface area contributed by atoms with E-state index in [-0.39, 0.29) is 30.6 Å². The minimum absolute atomic E-state index is 0.117. The molecule has 0 fully saturated rings. The average molecular weight is 494 g/mol. The Labute approximate surface area is 214 Å². The van der Waals surface area contributed by atoms with Crippen molar-refractivity contribution < 1.29 is 19.6 Å². The predicted octanol–water partition coefficient (Wildman–Crippen LogP) is 4.63. The maximum Gasteiger partial charge on any atom is 0.247 e. The summed E-state index contributed by atoms with van der Waals surface area (Å²) in [6.07, 6.45) is 4.56. The maximum absolute atomic E-state index is 13.5. The van der Waals surface area contributed by atoms with Gasteiger partial charge in [0.05, 0.1) is 18.3 Å². The Morgan fingerprint density at radius 1 is 0.861 bits per heavy atom. The molecular weight excluding hydrogens is 454 g/mol. The number of allylic oxidation sites excluding steroid dienone is 1. The lowest BCUT2D eigenvalue weighted by Gasteiger charge is -2.30. The highest BCUT2D eigenvalue weighted by Crippen LogP contribution is 2.26. The molecule has 2 atom stereocenters. The Kier molecular flexibility index (Phi) is 11.9. The van der Waals surface area contributed by atoms with E-state index in [0.717, 1.165) is 11.1 Å². The first-order valence-corrected chi connectivity index (χ1v) is 12.5. The van der Waals surface area contributed by atoms with E-state index < -0.39 is 23.7 Å². The Morgan fingerprint density at radius 2 is 1.47 bits per heavy atom. The second-order valence-electron chi connectivity index (χ2n) is 9.90. The molecule has 3 amide bonds. The fourth-order valence-corrected chi connectivity index (χ4v) is 4.07. The van der Waals surface area contributed by atoms with Crippen LogP contribution >= 0.6 is 0 Å². The van der Waals surface area contributed by atoms with Crippen LogP contribution < -0.4 is 10.9 Å². The Balaban J connectivity index is 2.24. The average Bonchev–Trinajstić information content (AvgIpc) is 2.85. The molecule has 0 saturated carbocycles. The normalized spacial score (nSPS) is 13.0. The summed E-state index contributed by atoms with van der Waals surface area (Å²) in [4.78, 5) is 39.3. The van der Waals surface area contributed by atoms with E-state index >= 15 is 0 Å². The lowest BCUT2D eigenvalue weighted by molar-refractivity contribution is -0.147. The smallest absolute Gasteiger partial charge is 0.247 e. The highest BCUT2D eigenvalue weighted by molar-refractivity contribution is 5.89. The second-order valence-corrected chi connectivity index (χ2v) is 9.90. The molecule has 0 spiro atoms. The van der Waals surface area contributed by atoms with Crippen LogP contribution in [0.5, 0.6) is 0 Å². The molecule has 194 valence electrons. The van der Waals surface area contributed by atoms with E-state index in [1.165, 1.54) is 5.01 Å². The zero-order valence-electron chi connectivity index (χ0n) is 21.7. The van der Waals surface area contributed by atoms with Gasteiger partial charge in [-0.2, -0.15) is 0 Å². The Morgan fingerprint density at radius 3 is 2.03 bits per heavy atom. The number of hydroxylamine groups is 1. The zero-order chi connectivity index (χ0) is 26.5. The zero-order valence-corrected chi connectivity index (χ0v) is 21.7. The van der Waals surface area contributed by atoms with Crippen molar-refractivity contribution in [2.45, 2.75) is 47.0 Å². The first kappa shape index (κ1) is 28.8. The third-order valence-electron chi connectivity index (χ3n) is 5.79. The Hall–Kier alpha value is -3.45. The van der Waals surface area contributed by atoms with Gasteiger partial charge in [0, 0.05) is 6.54 Å². The van der Waals surface area contributed by atoms with Crippen molar-refractivity contribution in [1.29, 1.82) is 0 Å². The largest absolute Gasteiger partial charge is 0.289 e. The van der Waals surface area contributed by atoms with Crippen LogP contribution in [0.2, 0.25) is 0 Å². The first-order chi connectivity index (χ1) is 17.2. The monoisotopic (exact) mass is 493 g/mol. The minimum Gasteiger partial charge on any atom is -0.289 e. The van der Waals surface area contributed by atoms with Crippen LogP contribution in [0.4, 0.5) is 0 Å². The number of nitrogens with zero attached hydrogens (tertiary/aromatic N) is 1. The number of nitrogens with one attached hydrogen (secondary N) is 2. The van der Waals surface area contributed by atoms with Gasteiger partial charge < -0.3 is 0 Å². The fraction of sp³-hybridized carbons (Fsp3) is 0.414. The van der Waals surface area contributed by atoms with E-state index in [4.69, 9.17) is 0 Å². The maximum atomic E-state index is 13.5. The number of carbonyl (C=O) groups excluding carboxylic acids is 3. The van der Waals surface area contributed by atoms with Crippen molar-refractivity contribution in [2.24, 2.45) is 23.7 Å². The molecule has 2 aromatic rings. The van der Waals surface area contributed by atoms with Crippen LogP contribution in [0.15, 0.2) is 66.7 Å². The van der Waals surface area contributed by atoms with Crippen LogP contribution in [-0.4, -0.2) is 34.5 Å². The van der Waals surface area contributed by atoms with Crippen molar-refractivity contribution in [3.05, 3.63) is 77.9 Å². The highest BCUT2D eigenvalue weighted by Gasteiger charge is 2.35. The van der Waals surface area contributed by atoms with Gasteiger partial charge in [0.1, 0.15) is 0 Å². The number of hydrogen-bond donors (Lipinski definition) is 3. The number of benzene rings is 2. The molecule has 7 nitrogen and oxygen atoms in total. The van der Waals surface area contributed by atoms with E-state index in [2.05, 4.69) is 5.43 Å². The number of hydrogen-bond acceptors (Lipinski definition) is 4. The van der Waals surface area contributed by atoms with E-state index in [0.29, 0.717) is 13.0 Å². The van der Waals surface area contributed by atoms with Crippen LogP contribution in [-0.2, 0) is 20.8 Å². The van der Waals surface area contributed by atoms with Crippen molar-refractivity contribution >= 4 is 23.8 Å². The van der Waals surface area contributed by atoms with Crippen molar-refractivity contribution in [3.8, 4) is 0 Å². The molecule has 0 aliphatic rings. The van der Waals surface area contributed by atoms with E-state index in [1.54, 1.807) is 5.48 Å². The van der Waals surface area contributed by atoms with Gasteiger partial charge in [-0.05, 0) is 35.8 Å². The number of hydrazine groups is 1. The molecule has 0 heterocycles. The summed E-state index contributed by atoms with van der Waals surface area (Å²) < 4.78 is 0. The molecule has 0 radical (unpaired) electrons. The van der Waals surface area contributed by atoms with E-state index in [1.807, 2.05) is 101 Å². The first-order valence-electron chi connectivity index (χ1n) is 12.5. The van der Waals surface area contributed by atoms with Gasteiger partial charge in [-0.15, -0.1) is 0 Å². The van der Waals surface area contributed by atoms with Gasteiger partial charge in [0.25, 0.3) is 0 Å². The number of rotatable bonds is 12. The molecule has 0 aliphatic heterocycles. The molecule has 2 aromatic carbocycles. The van der Waals surface area contributed by atoms with Crippen LogP contribution in [0.25, 0.3) is 6.08 Å². The second kappa shape index (κ2) is 14.8. The Bertz CT molecular complexity index is 990. The SMILES string of the molecule is CC(C)C[C@@H](C(=O)NN(CC(C)C)C(=O)Cc1ccccc1)[C@H](CC=Cc1ccccc1)C(=O)NO. The van der Waals surface area contributed by atoms with Crippen molar-refractivity contribution in [1.82, 2.24) is 15.9 Å². The summed E-state index contributed by atoms with van der Waals surface area (Å²) in [6, 6.07) is 19.0. The summed E-state index contributed by atoms with van der Waals surface area (Å²) in [6.45, 7) is 8.23. The topological polar surface area (TPSA) is 98.7 Å². The molecule has 0 unspecified atom stereocenters. The summed E-state index contributed by atoms with van der Waals surface area (Å²) in [5, 5.41) is 10.8. The third-order valence-corrected chi connectivity index (χ3v) is 5.79. The van der Waals surface area contributed by atoms with Gasteiger partial charge in [0.2, 0.25) is 17.7 Å². The van der Waals surface area contributed by atoms with Gasteiger partial charge in [-0.1, -0.05) is 101 Å². The van der Waals surface area contributed by atoms with Gasteiger partial charge >= 0.3 is 0 Å². The molecule has 7 heteroatoms. The van der Waals surface area contributed by atoms with Crippen molar-refractivity contribution in [2.75, 3.05) is 6.54 Å². The predicted molar refractivity (Wildman–Crippen MR) is 141 cm³/mol. The number of carbonyl (C=O) groups is 3. The lowest BCUT2D eigenvalue weighted by atomic mass is 9.82. The molecule has 0 aromatic heterocycles. The summed E-state index contributed by atoms with van der Waals surface area (Å²) in [7, 11) is 0. The van der Waals surface area contributed by atoms with E-state index in [9.17, 15) is 19.6 Å².